The van der Waals surface area contributed by atoms with E-state index in [9.17, 15) is 13.2 Å². The number of nitrogens with one attached hydrogen (secondary N) is 2. The molecule has 148 valence electrons. The summed E-state index contributed by atoms with van der Waals surface area (Å²) in [6.07, 6.45) is 1.08. The van der Waals surface area contributed by atoms with Crippen molar-refractivity contribution >= 4 is 32.6 Å². The van der Waals surface area contributed by atoms with Gasteiger partial charge >= 0.3 is 0 Å². The fourth-order valence-electron chi connectivity index (χ4n) is 3.08. The SMILES string of the molecule is COCc1c(C(=O)NC(C)c2ccccc2NS(C)(=O)=O)oc2ccccc12. The molecule has 0 bridgehead atoms. The second-order valence-electron chi connectivity index (χ2n) is 6.50. The van der Waals surface area contributed by atoms with E-state index in [0.29, 0.717) is 22.4 Å². The van der Waals surface area contributed by atoms with Crippen molar-refractivity contribution in [2.24, 2.45) is 0 Å². The molecule has 3 aromatic rings. The van der Waals surface area contributed by atoms with Crippen LogP contribution in [0.1, 0.15) is 34.6 Å². The van der Waals surface area contributed by atoms with Crippen molar-refractivity contribution in [1.82, 2.24) is 5.32 Å². The van der Waals surface area contributed by atoms with Gasteiger partial charge in [0.2, 0.25) is 10.0 Å². The Labute approximate surface area is 163 Å². The van der Waals surface area contributed by atoms with Gasteiger partial charge in [0.1, 0.15) is 5.58 Å². The number of carbonyl (C=O) groups is 1. The molecule has 1 aromatic heterocycles. The van der Waals surface area contributed by atoms with E-state index < -0.39 is 22.0 Å². The number of ether oxygens (including phenoxy) is 1. The highest BCUT2D eigenvalue weighted by Gasteiger charge is 2.23. The molecule has 0 aliphatic heterocycles. The molecule has 7 nitrogen and oxygen atoms in total. The molecule has 2 N–H and O–H groups in total. The van der Waals surface area contributed by atoms with Crippen LogP contribution in [0.2, 0.25) is 0 Å². The molecule has 0 saturated carbocycles. The van der Waals surface area contributed by atoms with E-state index in [4.69, 9.17) is 9.15 Å². The van der Waals surface area contributed by atoms with Crippen LogP contribution in [0, 0.1) is 0 Å². The third-order valence-corrected chi connectivity index (χ3v) is 4.85. The van der Waals surface area contributed by atoms with Crippen LogP contribution in [0.3, 0.4) is 0 Å². The average Bonchev–Trinajstić information content (AvgIpc) is 3.00. The molecule has 0 aliphatic rings. The molecule has 0 spiro atoms. The van der Waals surface area contributed by atoms with Gasteiger partial charge in [0.15, 0.2) is 5.76 Å². The number of hydrogen-bond acceptors (Lipinski definition) is 5. The minimum Gasteiger partial charge on any atom is -0.451 e. The smallest absolute Gasteiger partial charge is 0.287 e. The first-order chi connectivity index (χ1) is 13.3. The minimum atomic E-state index is -3.44. The first-order valence-corrected chi connectivity index (χ1v) is 10.6. The molecular weight excluding hydrogens is 380 g/mol. The summed E-state index contributed by atoms with van der Waals surface area (Å²) in [7, 11) is -1.89. The fraction of sp³-hybridized carbons (Fsp3) is 0.250. The third kappa shape index (κ3) is 4.35. The average molecular weight is 402 g/mol. The number of para-hydroxylation sites is 2. The largest absolute Gasteiger partial charge is 0.451 e. The van der Waals surface area contributed by atoms with Crippen LogP contribution in [0.25, 0.3) is 11.0 Å². The number of amides is 1. The van der Waals surface area contributed by atoms with Crippen molar-refractivity contribution in [2.45, 2.75) is 19.6 Å². The van der Waals surface area contributed by atoms with Gasteiger partial charge in [-0.3, -0.25) is 9.52 Å². The van der Waals surface area contributed by atoms with E-state index in [-0.39, 0.29) is 12.4 Å². The van der Waals surface area contributed by atoms with Gasteiger partial charge in [-0.05, 0) is 24.6 Å². The number of fused-ring (bicyclic) bond motifs is 1. The molecule has 2 aromatic carbocycles. The van der Waals surface area contributed by atoms with Crippen LogP contribution in [0.15, 0.2) is 52.9 Å². The second kappa shape index (κ2) is 8.04. The van der Waals surface area contributed by atoms with E-state index in [1.807, 2.05) is 18.2 Å². The Morgan fingerprint density at radius 2 is 1.82 bits per heavy atom. The Morgan fingerprint density at radius 1 is 1.14 bits per heavy atom. The summed E-state index contributed by atoms with van der Waals surface area (Å²) in [6.45, 7) is 2.01. The van der Waals surface area contributed by atoms with Gasteiger partial charge in [0.25, 0.3) is 5.91 Å². The van der Waals surface area contributed by atoms with Crippen LogP contribution >= 0.6 is 0 Å². The lowest BCUT2D eigenvalue weighted by Crippen LogP contribution is -2.28. The Hall–Kier alpha value is -2.84. The van der Waals surface area contributed by atoms with Crippen molar-refractivity contribution in [3.63, 3.8) is 0 Å². The van der Waals surface area contributed by atoms with Crippen LogP contribution in [-0.4, -0.2) is 27.7 Å². The maximum absolute atomic E-state index is 12.9. The number of sulfonamides is 1. The molecule has 0 fully saturated rings. The zero-order valence-corrected chi connectivity index (χ0v) is 16.7. The van der Waals surface area contributed by atoms with Crippen LogP contribution in [-0.2, 0) is 21.4 Å². The standard InChI is InChI=1S/C20H22N2O5S/c1-13(14-8-4-6-10-17(14)22-28(3,24)25)21-20(23)19-16(12-26-2)15-9-5-7-11-18(15)27-19/h4-11,13,22H,12H2,1-3H3,(H,21,23). The predicted molar refractivity (Wildman–Crippen MR) is 108 cm³/mol. The van der Waals surface area contributed by atoms with E-state index in [2.05, 4.69) is 10.0 Å². The van der Waals surface area contributed by atoms with Crippen molar-refractivity contribution in [3.05, 3.63) is 65.4 Å². The lowest BCUT2D eigenvalue weighted by Gasteiger charge is -2.18. The lowest BCUT2D eigenvalue weighted by atomic mass is 10.1. The van der Waals surface area contributed by atoms with Gasteiger partial charge in [-0.2, -0.15) is 0 Å². The lowest BCUT2D eigenvalue weighted by molar-refractivity contribution is 0.0907. The maximum atomic E-state index is 12.9. The highest BCUT2D eigenvalue weighted by Crippen LogP contribution is 2.28. The zero-order chi connectivity index (χ0) is 20.3. The number of rotatable bonds is 7. The van der Waals surface area contributed by atoms with Gasteiger partial charge in [0.05, 0.1) is 24.6 Å². The molecular formula is C20H22N2O5S. The first kappa shape index (κ1) is 19.9. The highest BCUT2D eigenvalue weighted by atomic mass is 32.2. The normalized spacial score (nSPS) is 12.7. The molecule has 0 aliphatic carbocycles. The molecule has 0 radical (unpaired) electrons. The summed E-state index contributed by atoms with van der Waals surface area (Å²) < 4.78 is 36.7. The zero-order valence-electron chi connectivity index (χ0n) is 15.9. The van der Waals surface area contributed by atoms with Gasteiger partial charge in [-0.15, -0.1) is 0 Å². The highest BCUT2D eigenvalue weighted by molar-refractivity contribution is 7.92. The predicted octanol–water partition coefficient (Wildman–Crippen LogP) is 3.44. The van der Waals surface area contributed by atoms with E-state index in [0.717, 1.165) is 11.6 Å². The number of benzene rings is 2. The van der Waals surface area contributed by atoms with Crippen molar-refractivity contribution in [1.29, 1.82) is 0 Å². The van der Waals surface area contributed by atoms with Crippen LogP contribution in [0.4, 0.5) is 5.69 Å². The van der Waals surface area contributed by atoms with Gasteiger partial charge < -0.3 is 14.5 Å². The van der Waals surface area contributed by atoms with Gasteiger partial charge in [0, 0.05) is 18.1 Å². The topological polar surface area (TPSA) is 97.6 Å². The first-order valence-electron chi connectivity index (χ1n) is 8.67. The Balaban J connectivity index is 1.90. The Bertz CT molecular complexity index is 1100. The number of carbonyl (C=O) groups excluding carboxylic acids is 1. The number of furan rings is 1. The van der Waals surface area contributed by atoms with Crippen LogP contribution < -0.4 is 10.0 Å². The fourth-order valence-corrected chi connectivity index (χ4v) is 3.66. The summed E-state index contributed by atoms with van der Waals surface area (Å²) in [5, 5.41) is 3.70. The minimum absolute atomic E-state index is 0.184. The van der Waals surface area contributed by atoms with Gasteiger partial charge in [-0.1, -0.05) is 36.4 Å². The molecule has 1 atom stereocenters. The number of methoxy groups -OCH3 is 1. The molecule has 3 rings (SSSR count). The molecule has 1 amide bonds. The summed E-state index contributed by atoms with van der Waals surface area (Å²) in [5.41, 5.74) is 2.34. The van der Waals surface area contributed by atoms with E-state index >= 15 is 0 Å². The molecule has 1 unspecified atom stereocenters. The Morgan fingerprint density at radius 3 is 2.54 bits per heavy atom. The van der Waals surface area contributed by atoms with Crippen molar-refractivity contribution in [2.75, 3.05) is 18.1 Å². The number of hydrogen-bond donors (Lipinski definition) is 2. The summed E-state index contributed by atoms with van der Waals surface area (Å²) in [5.74, 6) is -0.214. The quantitative estimate of drug-likeness (QED) is 0.631. The summed E-state index contributed by atoms with van der Waals surface area (Å²) in [6, 6.07) is 13.8. The van der Waals surface area contributed by atoms with Gasteiger partial charge in [-0.25, -0.2) is 8.42 Å². The molecule has 1 heterocycles. The number of anilines is 1. The Kier molecular flexibility index (Phi) is 5.71. The van der Waals surface area contributed by atoms with E-state index in [1.54, 1.807) is 44.4 Å². The van der Waals surface area contributed by atoms with Crippen LogP contribution in [0.5, 0.6) is 0 Å². The maximum Gasteiger partial charge on any atom is 0.287 e. The molecule has 0 saturated heterocycles. The van der Waals surface area contributed by atoms with E-state index in [1.165, 1.54) is 0 Å². The summed E-state index contributed by atoms with van der Waals surface area (Å²) in [4.78, 5) is 12.9. The summed E-state index contributed by atoms with van der Waals surface area (Å²) >= 11 is 0. The molecule has 8 heteroatoms. The monoisotopic (exact) mass is 402 g/mol. The third-order valence-electron chi connectivity index (χ3n) is 4.26. The molecule has 28 heavy (non-hydrogen) atoms. The second-order valence-corrected chi connectivity index (χ2v) is 8.24. The van der Waals surface area contributed by atoms with Crippen molar-refractivity contribution < 1.29 is 22.4 Å². The van der Waals surface area contributed by atoms with Crippen molar-refractivity contribution in [3.8, 4) is 0 Å².